The first-order chi connectivity index (χ1) is 8.74. The summed E-state index contributed by atoms with van der Waals surface area (Å²) in [4.78, 5) is 11.7. The average Bonchev–Trinajstić information content (AvgIpc) is 2.86. The molecule has 0 spiro atoms. The van der Waals surface area contributed by atoms with Gasteiger partial charge >= 0.3 is 0 Å². The number of hydrogen-bond donors (Lipinski definition) is 1. The Bertz CT molecular complexity index is 750. The van der Waals surface area contributed by atoms with Gasteiger partial charge in [0.2, 0.25) is 0 Å². The Balaban J connectivity index is 2.18. The van der Waals surface area contributed by atoms with Gasteiger partial charge in [-0.05, 0) is 18.2 Å². The van der Waals surface area contributed by atoms with Crippen LogP contribution in [0.15, 0.2) is 35.3 Å². The second kappa shape index (κ2) is 4.02. The molecule has 0 aliphatic carbocycles. The molecule has 18 heavy (non-hydrogen) atoms. The number of tetrazole rings is 1. The summed E-state index contributed by atoms with van der Waals surface area (Å²) in [6, 6.07) is 5.49. The number of aromatic amines is 1. The number of nitrogens with zero attached hydrogens (tertiary/aromatic N) is 4. The first-order valence-corrected chi connectivity index (χ1v) is 5.25. The number of aromatic nitrogens is 5. The van der Waals surface area contributed by atoms with Crippen LogP contribution in [0.4, 0.5) is 4.39 Å². The van der Waals surface area contributed by atoms with Crippen LogP contribution in [-0.2, 0) is 6.54 Å². The summed E-state index contributed by atoms with van der Waals surface area (Å²) in [5, 5.41) is 13.8. The Morgan fingerprint density at radius 1 is 1.33 bits per heavy atom. The summed E-state index contributed by atoms with van der Waals surface area (Å²) in [6.45, 7) is 0.360. The average molecular weight is 245 g/mol. The zero-order chi connectivity index (χ0) is 12.5. The van der Waals surface area contributed by atoms with E-state index in [1.54, 1.807) is 16.8 Å². The van der Waals surface area contributed by atoms with Crippen molar-refractivity contribution in [1.82, 2.24) is 25.2 Å². The van der Waals surface area contributed by atoms with Gasteiger partial charge in [-0.2, -0.15) is 5.21 Å². The van der Waals surface area contributed by atoms with Gasteiger partial charge in [-0.3, -0.25) is 4.79 Å². The molecule has 1 N–H and O–H groups in total. The molecule has 2 heterocycles. The number of H-pyrrole nitrogens is 1. The molecule has 0 fully saturated rings. The van der Waals surface area contributed by atoms with E-state index in [-0.39, 0.29) is 5.43 Å². The van der Waals surface area contributed by atoms with Crippen LogP contribution in [0.5, 0.6) is 0 Å². The molecule has 3 aromatic rings. The van der Waals surface area contributed by atoms with Crippen LogP contribution in [0.1, 0.15) is 5.82 Å². The molecule has 0 atom stereocenters. The van der Waals surface area contributed by atoms with Crippen LogP contribution in [-0.4, -0.2) is 25.2 Å². The maximum atomic E-state index is 13.1. The predicted molar refractivity (Wildman–Crippen MR) is 61.4 cm³/mol. The molecule has 0 unspecified atom stereocenters. The van der Waals surface area contributed by atoms with Crippen molar-refractivity contribution in [2.45, 2.75) is 6.54 Å². The van der Waals surface area contributed by atoms with Crippen LogP contribution in [0.2, 0.25) is 0 Å². The summed E-state index contributed by atoms with van der Waals surface area (Å²) in [7, 11) is 0. The Morgan fingerprint density at radius 2 is 2.22 bits per heavy atom. The number of benzene rings is 1. The van der Waals surface area contributed by atoms with Gasteiger partial charge in [0.25, 0.3) is 0 Å². The zero-order valence-electron chi connectivity index (χ0n) is 9.17. The van der Waals surface area contributed by atoms with Crippen molar-refractivity contribution in [3.63, 3.8) is 0 Å². The summed E-state index contributed by atoms with van der Waals surface area (Å²) >= 11 is 0. The molecule has 0 radical (unpaired) electrons. The third-order valence-corrected chi connectivity index (χ3v) is 2.64. The Morgan fingerprint density at radius 3 is 3.00 bits per heavy atom. The minimum absolute atomic E-state index is 0.214. The molecule has 1 aromatic carbocycles. The van der Waals surface area contributed by atoms with E-state index in [0.29, 0.717) is 23.3 Å². The molecule has 7 heteroatoms. The molecule has 0 aliphatic heterocycles. The lowest BCUT2D eigenvalue weighted by Gasteiger charge is -2.07. The smallest absolute Gasteiger partial charge is 0.194 e. The van der Waals surface area contributed by atoms with Gasteiger partial charge in [0.05, 0.1) is 12.1 Å². The SMILES string of the molecule is O=c1ccn(Cc2nn[nH]n2)c2ccc(F)cc12. The van der Waals surface area contributed by atoms with Gasteiger partial charge in [0.15, 0.2) is 11.3 Å². The van der Waals surface area contributed by atoms with Crippen molar-refractivity contribution in [2.24, 2.45) is 0 Å². The normalized spacial score (nSPS) is 10.9. The third kappa shape index (κ3) is 1.75. The van der Waals surface area contributed by atoms with Gasteiger partial charge in [0.1, 0.15) is 5.82 Å². The molecule has 90 valence electrons. The van der Waals surface area contributed by atoms with Gasteiger partial charge < -0.3 is 4.57 Å². The molecule has 0 saturated heterocycles. The lowest BCUT2D eigenvalue weighted by Crippen LogP contribution is -2.10. The first kappa shape index (κ1) is 10.6. The Labute approximate surface area is 100 Å². The van der Waals surface area contributed by atoms with Crippen molar-refractivity contribution >= 4 is 10.9 Å². The van der Waals surface area contributed by atoms with Crippen molar-refractivity contribution < 1.29 is 4.39 Å². The summed E-state index contributed by atoms with van der Waals surface area (Å²) < 4.78 is 14.9. The first-order valence-electron chi connectivity index (χ1n) is 5.25. The largest absolute Gasteiger partial charge is 0.339 e. The molecule has 6 nitrogen and oxygen atoms in total. The van der Waals surface area contributed by atoms with Crippen molar-refractivity contribution in [2.75, 3.05) is 0 Å². The van der Waals surface area contributed by atoms with Crippen molar-refractivity contribution in [3.8, 4) is 0 Å². The highest BCUT2D eigenvalue weighted by Crippen LogP contribution is 2.12. The standard InChI is InChI=1S/C11H8FN5O/c12-7-1-2-9-8(5-7)10(18)3-4-17(9)6-11-13-15-16-14-11/h1-5H,6H2,(H,13,14,15,16). The Kier molecular flexibility index (Phi) is 2.36. The van der Waals surface area contributed by atoms with Crippen molar-refractivity contribution in [1.29, 1.82) is 0 Å². The fraction of sp³-hybridized carbons (Fsp3) is 0.0909. The zero-order valence-corrected chi connectivity index (χ0v) is 9.17. The van der Waals surface area contributed by atoms with E-state index in [1.165, 1.54) is 18.2 Å². The van der Waals surface area contributed by atoms with E-state index in [2.05, 4.69) is 20.6 Å². The van der Waals surface area contributed by atoms with Crippen LogP contribution >= 0.6 is 0 Å². The summed E-state index contributed by atoms with van der Waals surface area (Å²) in [6.07, 6.45) is 1.62. The van der Waals surface area contributed by atoms with Crippen LogP contribution in [0.25, 0.3) is 10.9 Å². The van der Waals surface area contributed by atoms with Crippen LogP contribution in [0, 0.1) is 5.82 Å². The molecule has 0 saturated carbocycles. The maximum Gasteiger partial charge on any atom is 0.194 e. The van der Waals surface area contributed by atoms with E-state index in [9.17, 15) is 9.18 Å². The second-order valence-electron chi connectivity index (χ2n) is 3.80. The highest BCUT2D eigenvalue weighted by Gasteiger charge is 2.06. The minimum Gasteiger partial charge on any atom is -0.339 e. The lowest BCUT2D eigenvalue weighted by atomic mass is 10.2. The fourth-order valence-corrected chi connectivity index (χ4v) is 1.82. The highest BCUT2D eigenvalue weighted by atomic mass is 19.1. The fourth-order valence-electron chi connectivity index (χ4n) is 1.82. The highest BCUT2D eigenvalue weighted by molar-refractivity contribution is 5.78. The summed E-state index contributed by atoms with van der Waals surface area (Å²) in [5.41, 5.74) is 0.419. The summed E-state index contributed by atoms with van der Waals surface area (Å²) in [5.74, 6) is 0.0567. The molecular formula is C11H8FN5O. The minimum atomic E-state index is -0.433. The van der Waals surface area contributed by atoms with E-state index < -0.39 is 5.82 Å². The number of halogens is 1. The molecular weight excluding hydrogens is 237 g/mol. The second-order valence-corrected chi connectivity index (χ2v) is 3.80. The van der Waals surface area contributed by atoms with Crippen molar-refractivity contribution in [3.05, 3.63) is 52.3 Å². The van der Waals surface area contributed by atoms with Gasteiger partial charge in [-0.1, -0.05) is 5.21 Å². The van der Waals surface area contributed by atoms with E-state index >= 15 is 0 Å². The number of fused-ring (bicyclic) bond motifs is 1. The topological polar surface area (TPSA) is 76.5 Å². The van der Waals surface area contributed by atoms with Gasteiger partial charge in [-0.25, -0.2) is 4.39 Å². The third-order valence-electron chi connectivity index (χ3n) is 2.64. The number of nitrogens with one attached hydrogen (secondary N) is 1. The van der Waals surface area contributed by atoms with Crippen LogP contribution < -0.4 is 5.43 Å². The molecule has 0 bridgehead atoms. The maximum absolute atomic E-state index is 13.1. The molecule has 3 rings (SSSR count). The molecule has 0 aliphatic rings. The van der Waals surface area contributed by atoms with E-state index in [1.807, 2.05) is 0 Å². The Hall–Kier alpha value is -2.57. The van der Waals surface area contributed by atoms with E-state index in [0.717, 1.165) is 0 Å². The van der Waals surface area contributed by atoms with E-state index in [4.69, 9.17) is 0 Å². The molecule has 2 aromatic heterocycles. The van der Waals surface area contributed by atoms with Gasteiger partial charge in [0, 0.05) is 17.6 Å². The molecule has 0 amide bonds. The van der Waals surface area contributed by atoms with Gasteiger partial charge in [-0.15, -0.1) is 10.2 Å². The number of hydrogen-bond acceptors (Lipinski definition) is 4. The monoisotopic (exact) mass is 245 g/mol. The van der Waals surface area contributed by atoms with Crippen LogP contribution in [0.3, 0.4) is 0 Å². The quantitative estimate of drug-likeness (QED) is 0.721. The number of rotatable bonds is 2. The predicted octanol–water partition coefficient (Wildman–Crippen LogP) is 0.702. The number of pyridine rings is 1. The lowest BCUT2D eigenvalue weighted by molar-refractivity contribution is 0.629.